The van der Waals surface area contributed by atoms with Crippen LogP contribution in [0, 0.1) is 0 Å². The quantitative estimate of drug-likeness (QED) is 0.514. The van der Waals surface area contributed by atoms with Crippen molar-refractivity contribution in [3.63, 3.8) is 0 Å². The van der Waals surface area contributed by atoms with Crippen LogP contribution in [0.3, 0.4) is 0 Å². The summed E-state index contributed by atoms with van der Waals surface area (Å²) in [5.41, 5.74) is 2.95. The minimum absolute atomic E-state index is 0.225. The summed E-state index contributed by atoms with van der Waals surface area (Å²) in [6.45, 7) is 0.376. The number of fused-ring (bicyclic) bond motifs is 2. The van der Waals surface area contributed by atoms with E-state index in [0.29, 0.717) is 18.1 Å². The standard InChI is InChI=1S/C23H17N5O/c29-23(26-15-18-14-25-12-16-6-1-2-8-19(16)18)21-20-9-3-4-11-28(20)22(27-21)17-7-5-10-24-13-17/h1-14H,15H2,(H,26,29). The van der Waals surface area contributed by atoms with Gasteiger partial charge in [-0.1, -0.05) is 30.3 Å². The van der Waals surface area contributed by atoms with E-state index in [1.54, 1.807) is 18.6 Å². The Hall–Kier alpha value is -4.06. The Morgan fingerprint density at radius 1 is 0.931 bits per heavy atom. The van der Waals surface area contributed by atoms with Crippen LogP contribution < -0.4 is 5.32 Å². The molecule has 0 unspecified atom stereocenters. The van der Waals surface area contributed by atoms with Crippen molar-refractivity contribution < 1.29 is 4.79 Å². The smallest absolute Gasteiger partial charge is 0.272 e. The highest BCUT2D eigenvalue weighted by Gasteiger charge is 2.18. The molecule has 0 bridgehead atoms. The molecule has 1 aromatic carbocycles. The molecule has 0 saturated heterocycles. The maximum absolute atomic E-state index is 13.0. The molecular formula is C23H17N5O. The monoisotopic (exact) mass is 379 g/mol. The molecule has 0 saturated carbocycles. The van der Waals surface area contributed by atoms with Gasteiger partial charge in [0.15, 0.2) is 5.69 Å². The predicted octanol–water partition coefficient (Wildman–Crippen LogP) is 3.87. The third kappa shape index (κ3) is 3.10. The van der Waals surface area contributed by atoms with Crippen LogP contribution in [0.25, 0.3) is 27.7 Å². The lowest BCUT2D eigenvalue weighted by Crippen LogP contribution is -2.23. The lowest BCUT2D eigenvalue weighted by atomic mass is 10.1. The van der Waals surface area contributed by atoms with Crippen LogP contribution in [0.5, 0.6) is 0 Å². The number of imidazole rings is 1. The summed E-state index contributed by atoms with van der Waals surface area (Å²) >= 11 is 0. The molecule has 29 heavy (non-hydrogen) atoms. The van der Waals surface area contributed by atoms with Crippen molar-refractivity contribution in [2.75, 3.05) is 0 Å². The maximum Gasteiger partial charge on any atom is 0.272 e. The molecule has 0 aliphatic heterocycles. The highest BCUT2D eigenvalue weighted by molar-refractivity contribution is 6.00. The van der Waals surface area contributed by atoms with Crippen LogP contribution in [-0.2, 0) is 6.54 Å². The molecule has 5 aromatic rings. The zero-order valence-electron chi connectivity index (χ0n) is 15.5. The van der Waals surface area contributed by atoms with Gasteiger partial charge < -0.3 is 5.32 Å². The van der Waals surface area contributed by atoms with Crippen LogP contribution in [0.1, 0.15) is 16.1 Å². The maximum atomic E-state index is 13.0. The molecule has 4 aromatic heterocycles. The van der Waals surface area contributed by atoms with E-state index in [1.807, 2.05) is 71.4 Å². The molecule has 5 rings (SSSR count). The largest absolute Gasteiger partial charge is 0.346 e. The third-order valence-corrected chi connectivity index (χ3v) is 4.87. The summed E-state index contributed by atoms with van der Waals surface area (Å²) < 4.78 is 1.91. The predicted molar refractivity (Wildman–Crippen MR) is 111 cm³/mol. The molecule has 0 radical (unpaired) electrons. The van der Waals surface area contributed by atoms with Gasteiger partial charge in [-0.15, -0.1) is 0 Å². The zero-order chi connectivity index (χ0) is 19.6. The minimum atomic E-state index is -0.225. The molecular weight excluding hydrogens is 362 g/mol. The van der Waals surface area contributed by atoms with E-state index in [-0.39, 0.29) is 5.91 Å². The summed E-state index contributed by atoms with van der Waals surface area (Å²) in [5.74, 6) is 0.461. The summed E-state index contributed by atoms with van der Waals surface area (Å²) in [6.07, 6.45) is 8.96. The van der Waals surface area contributed by atoms with Gasteiger partial charge in [-0.05, 0) is 35.2 Å². The van der Waals surface area contributed by atoms with Crippen LogP contribution in [-0.4, -0.2) is 25.3 Å². The van der Waals surface area contributed by atoms with Gasteiger partial charge in [0.05, 0.1) is 5.52 Å². The summed E-state index contributed by atoms with van der Waals surface area (Å²) in [7, 11) is 0. The summed E-state index contributed by atoms with van der Waals surface area (Å²) in [6, 6.07) is 17.5. The molecule has 140 valence electrons. The first kappa shape index (κ1) is 17.1. The molecule has 6 heteroatoms. The van der Waals surface area contributed by atoms with E-state index < -0.39 is 0 Å². The van der Waals surface area contributed by atoms with Crippen molar-refractivity contribution in [2.45, 2.75) is 6.54 Å². The second kappa shape index (κ2) is 7.16. The number of aromatic nitrogens is 4. The Balaban J connectivity index is 1.49. The van der Waals surface area contributed by atoms with Crippen molar-refractivity contribution in [2.24, 2.45) is 0 Å². The van der Waals surface area contributed by atoms with Gasteiger partial charge in [0.25, 0.3) is 5.91 Å². The van der Waals surface area contributed by atoms with Gasteiger partial charge in [0.2, 0.25) is 0 Å². The van der Waals surface area contributed by atoms with Gasteiger partial charge in [-0.25, -0.2) is 4.98 Å². The van der Waals surface area contributed by atoms with Crippen molar-refractivity contribution in [1.82, 2.24) is 24.7 Å². The molecule has 1 N–H and O–H groups in total. The molecule has 0 atom stereocenters. The van der Waals surface area contributed by atoms with Crippen molar-refractivity contribution in [3.8, 4) is 11.4 Å². The Morgan fingerprint density at radius 3 is 2.72 bits per heavy atom. The second-order valence-corrected chi connectivity index (χ2v) is 6.68. The number of carbonyl (C=O) groups is 1. The number of amides is 1. The Labute approximate surface area is 166 Å². The average molecular weight is 379 g/mol. The number of hydrogen-bond acceptors (Lipinski definition) is 4. The van der Waals surface area contributed by atoms with E-state index in [2.05, 4.69) is 20.3 Å². The Bertz CT molecular complexity index is 1320. The van der Waals surface area contributed by atoms with Gasteiger partial charge >= 0.3 is 0 Å². The molecule has 1 amide bonds. The second-order valence-electron chi connectivity index (χ2n) is 6.68. The minimum Gasteiger partial charge on any atom is -0.346 e. The molecule has 4 heterocycles. The van der Waals surface area contributed by atoms with Gasteiger partial charge in [-0.2, -0.15) is 0 Å². The first-order valence-corrected chi connectivity index (χ1v) is 9.28. The van der Waals surface area contributed by atoms with Crippen LogP contribution in [0.4, 0.5) is 0 Å². The fourth-order valence-electron chi connectivity index (χ4n) is 3.48. The molecule has 0 spiro atoms. The number of pyridine rings is 3. The number of rotatable bonds is 4. The van der Waals surface area contributed by atoms with E-state index in [1.165, 1.54) is 0 Å². The van der Waals surface area contributed by atoms with E-state index in [4.69, 9.17) is 0 Å². The molecule has 6 nitrogen and oxygen atoms in total. The number of hydrogen-bond donors (Lipinski definition) is 1. The van der Waals surface area contributed by atoms with E-state index in [9.17, 15) is 4.79 Å². The van der Waals surface area contributed by atoms with Crippen molar-refractivity contribution in [1.29, 1.82) is 0 Å². The first-order chi connectivity index (χ1) is 14.3. The lowest BCUT2D eigenvalue weighted by molar-refractivity contribution is 0.0948. The number of carbonyl (C=O) groups excluding carboxylic acids is 1. The normalized spacial score (nSPS) is 11.0. The molecule has 0 aliphatic rings. The van der Waals surface area contributed by atoms with Crippen LogP contribution in [0.2, 0.25) is 0 Å². The third-order valence-electron chi connectivity index (χ3n) is 4.87. The number of nitrogens with zero attached hydrogens (tertiary/aromatic N) is 4. The summed E-state index contributed by atoms with van der Waals surface area (Å²) in [4.78, 5) is 26.1. The highest BCUT2D eigenvalue weighted by Crippen LogP contribution is 2.22. The van der Waals surface area contributed by atoms with E-state index in [0.717, 1.165) is 27.4 Å². The van der Waals surface area contributed by atoms with Crippen molar-refractivity contribution >= 4 is 22.2 Å². The van der Waals surface area contributed by atoms with Gasteiger partial charge in [0.1, 0.15) is 5.82 Å². The molecule has 0 aliphatic carbocycles. The topological polar surface area (TPSA) is 72.2 Å². The van der Waals surface area contributed by atoms with Crippen molar-refractivity contribution in [3.05, 3.63) is 96.8 Å². The number of benzene rings is 1. The zero-order valence-corrected chi connectivity index (χ0v) is 15.5. The van der Waals surface area contributed by atoms with Gasteiger partial charge in [-0.3, -0.25) is 19.2 Å². The average Bonchev–Trinajstić information content (AvgIpc) is 3.18. The Kier molecular flexibility index (Phi) is 4.22. The SMILES string of the molecule is O=C(NCc1cncc2ccccc12)c1nc(-c2cccnc2)n2ccccc12. The molecule has 0 fully saturated rings. The highest BCUT2D eigenvalue weighted by atomic mass is 16.1. The fraction of sp³-hybridized carbons (Fsp3) is 0.0435. The summed E-state index contributed by atoms with van der Waals surface area (Å²) in [5, 5.41) is 5.12. The van der Waals surface area contributed by atoms with Crippen LogP contribution >= 0.6 is 0 Å². The van der Waals surface area contributed by atoms with Crippen LogP contribution in [0.15, 0.2) is 85.6 Å². The lowest BCUT2D eigenvalue weighted by Gasteiger charge is -2.07. The number of nitrogens with one attached hydrogen (secondary N) is 1. The van der Waals surface area contributed by atoms with E-state index >= 15 is 0 Å². The van der Waals surface area contributed by atoms with Gasteiger partial charge in [0, 0.05) is 48.5 Å². The first-order valence-electron chi connectivity index (χ1n) is 9.28. The Morgan fingerprint density at radius 2 is 1.83 bits per heavy atom. The fourth-order valence-corrected chi connectivity index (χ4v) is 3.48.